The molecule has 9 heteroatoms. The number of benzene rings is 1. The molecule has 1 fully saturated rings. The van der Waals surface area contributed by atoms with Crippen molar-refractivity contribution in [1.29, 1.82) is 0 Å². The summed E-state index contributed by atoms with van der Waals surface area (Å²) in [5.41, 5.74) is 0.577. The average Bonchev–Trinajstić information content (AvgIpc) is 3.10. The second-order valence-electron chi connectivity index (χ2n) is 6.51. The van der Waals surface area contributed by atoms with Crippen molar-refractivity contribution in [3.8, 4) is 10.4 Å². The summed E-state index contributed by atoms with van der Waals surface area (Å²) in [6, 6.07) is 10.5. The van der Waals surface area contributed by atoms with E-state index in [-0.39, 0.29) is 5.82 Å². The summed E-state index contributed by atoms with van der Waals surface area (Å²) < 4.78 is 54.5. The van der Waals surface area contributed by atoms with E-state index in [9.17, 15) is 22.4 Å². The molecule has 1 saturated heterocycles. The summed E-state index contributed by atoms with van der Waals surface area (Å²) in [5.74, 6) is -0.683. The van der Waals surface area contributed by atoms with Crippen LogP contribution in [0.5, 0.6) is 0 Å². The normalized spacial score (nSPS) is 15.8. The van der Waals surface area contributed by atoms with Gasteiger partial charge >= 0.3 is 6.18 Å². The van der Waals surface area contributed by atoms with E-state index in [0.717, 1.165) is 9.75 Å². The Morgan fingerprint density at radius 1 is 1.07 bits per heavy atom. The number of carbonyl (C=O) groups excluding carboxylic acids is 1. The zero-order chi connectivity index (χ0) is 20.1. The lowest BCUT2D eigenvalue weighted by Crippen LogP contribution is -2.49. The summed E-state index contributed by atoms with van der Waals surface area (Å²) >= 11 is 1.53. The van der Waals surface area contributed by atoms with Gasteiger partial charge in [0.05, 0.1) is 0 Å². The molecule has 28 heavy (non-hydrogen) atoms. The van der Waals surface area contributed by atoms with E-state index in [4.69, 9.17) is 0 Å². The molecule has 2 aromatic rings. The van der Waals surface area contributed by atoms with Crippen LogP contribution in [0.4, 0.5) is 17.6 Å². The number of thiophene rings is 1. The third-order valence-corrected chi connectivity index (χ3v) is 5.50. The summed E-state index contributed by atoms with van der Waals surface area (Å²) in [6.45, 7) is 0.846. The van der Waals surface area contributed by atoms with Crippen molar-refractivity contribution in [3.05, 3.63) is 47.1 Å². The van der Waals surface area contributed by atoms with Gasteiger partial charge in [0, 0.05) is 48.0 Å². The molecule has 1 aliphatic heterocycles. The number of hydrogen-bond acceptors (Lipinski definition) is 4. The zero-order valence-electron chi connectivity index (χ0n) is 15.0. The molecule has 152 valence electrons. The molecular weight excluding hydrogens is 396 g/mol. The lowest BCUT2D eigenvalue weighted by atomic mass is 10.2. The Balaban J connectivity index is 1.46. The maximum Gasteiger partial charge on any atom is 0.411 e. The smallest absolute Gasteiger partial charge is 0.362 e. The molecular formula is C19H20F4N2O2S. The lowest BCUT2D eigenvalue weighted by Gasteiger charge is -2.34. The van der Waals surface area contributed by atoms with Crippen LogP contribution in [0.1, 0.15) is 4.88 Å². The van der Waals surface area contributed by atoms with Gasteiger partial charge in [-0.15, -0.1) is 11.3 Å². The van der Waals surface area contributed by atoms with Gasteiger partial charge in [0.1, 0.15) is 19.0 Å². The summed E-state index contributed by atoms with van der Waals surface area (Å²) in [5, 5.41) is 0. The minimum Gasteiger partial charge on any atom is -0.362 e. The van der Waals surface area contributed by atoms with Gasteiger partial charge in [0.25, 0.3) is 0 Å². The minimum absolute atomic E-state index is 0.254. The maximum absolute atomic E-state index is 13.9. The van der Waals surface area contributed by atoms with Crippen LogP contribution in [-0.4, -0.2) is 61.3 Å². The monoisotopic (exact) mass is 416 g/mol. The Labute approximate surface area is 164 Å². The standard InChI is InChI=1S/C19H20F4N2O2S/c20-16-4-2-1-3-15(16)17-6-5-14(28-17)11-24-7-9-25(10-8-24)18(26)12-27-13-19(21,22)23/h1-6H,7-13H2. The van der Waals surface area contributed by atoms with Crippen molar-refractivity contribution in [2.24, 2.45) is 0 Å². The second kappa shape index (κ2) is 9.02. The number of halogens is 4. The van der Waals surface area contributed by atoms with Crippen LogP contribution in [0.3, 0.4) is 0 Å². The number of alkyl halides is 3. The molecule has 3 rings (SSSR count). The molecule has 4 nitrogen and oxygen atoms in total. The maximum atomic E-state index is 13.9. The van der Waals surface area contributed by atoms with E-state index in [0.29, 0.717) is 38.3 Å². The number of carbonyl (C=O) groups is 1. The molecule has 0 bridgehead atoms. The van der Waals surface area contributed by atoms with Gasteiger partial charge in [-0.2, -0.15) is 13.2 Å². The zero-order valence-corrected chi connectivity index (χ0v) is 15.9. The fraction of sp³-hybridized carbons (Fsp3) is 0.421. The van der Waals surface area contributed by atoms with Gasteiger partial charge in [0.15, 0.2) is 0 Å². The first-order valence-electron chi connectivity index (χ1n) is 8.80. The van der Waals surface area contributed by atoms with Crippen LogP contribution in [0.15, 0.2) is 36.4 Å². The van der Waals surface area contributed by atoms with E-state index in [1.54, 1.807) is 18.2 Å². The predicted molar refractivity (Wildman–Crippen MR) is 98.4 cm³/mol. The Bertz CT molecular complexity index is 801. The van der Waals surface area contributed by atoms with Crippen molar-refractivity contribution in [1.82, 2.24) is 9.80 Å². The molecule has 1 aliphatic rings. The number of amides is 1. The van der Waals surface area contributed by atoms with Crippen molar-refractivity contribution in [2.45, 2.75) is 12.7 Å². The van der Waals surface area contributed by atoms with Crippen molar-refractivity contribution in [2.75, 3.05) is 39.4 Å². The lowest BCUT2D eigenvalue weighted by molar-refractivity contribution is -0.178. The van der Waals surface area contributed by atoms with Crippen LogP contribution in [0.2, 0.25) is 0 Å². The minimum atomic E-state index is -4.43. The second-order valence-corrected chi connectivity index (χ2v) is 7.68. The first-order valence-corrected chi connectivity index (χ1v) is 9.62. The van der Waals surface area contributed by atoms with Gasteiger partial charge in [-0.3, -0.25) is 9.69 Å². The summed E-state index contributed by atoms with van der Waals surface area (Å²) in [7, 11) is 0. The first kappa shape index (κ1) is 20.8. The number of ether oxygens (including phenoxy) is 1. The Hall–Kier alpha value is -1.97. The molecule has 0 aliphatic carbocycles. The highest BCUT2D eigenvalue weighted by molar-refractivity contribution is 7.15. The van der Waals surface area contributed by atoms with E-state index >= 15 is 0 Å². The van der Waals surface area contributed by atoms with Crippen LogP contribution in [0.25, 0.3) is 10.4 Å². The summed E-state index contributed by atoms with van der Waals surface area (Å²) in [4.78, 5) is 17.6. The first-order chi connectivity index (χ1) is 13.3. The van der Waals surface area contributed by atoms with Gasteiger partial charge in [-0.1, -0.05) is 18.2 Å². The third-order valence-electron chi connectivity index (χ3n) is 4.40. The van der Waals surface area contributed by atoms with Gasteiger partial charge in [0.2, 0.25) is 5.91 Å². The number of nitrogens with zero attached hydrogens (tertiary/aromatic N) is 2. The van der Waals surface area contributed by atoms with Crippen LogP contribution in [-0.2, 0) is 16.1 Å². The number of rotatable bonds is 6. The molecule has 0 saturated carbocycles. The largest absolute Gasteiger partial charge is 0.411 e. The van der Waals surface area contributed by atoms with Crippen molar-refractivity contribution in [3.63, 3.8) is 0 Å². The highest BCUT2D eigenvalue weighted by Crippen LogP contribution is 2.30. The number of piperazine rings is 1. The van der Waals surface area contributed by atoms with Crippen LogP contribution >= 0.6 is 11.3 Å². The molecule has 0 unspecified atom stereocenters. The molecule has 1 amide bonds. The van der Waals surface area contributed by atoms with E-state index in [2.05, 4.69) is 9.64 Å². The fourth-order valence-corrected chi connectivity index (χ4v) is 4.07. The van der Waals surface area contributed by atoms with Crippen molar-refractivity contribution < 1.29 is 27.1 Å². The Morgan fingerprint density at radius 3 is 2.46 bits per heavy atom. The van der Waals surface area contributed by atoms with Gasteiger partial charge < -0.3 is 9.64 Å². The molecule has 2 heterocycles. The predicted octanol–water partition coefficient (Wildman–Crippen LogP) is 3.78. The molecule has 0 N–H and O–H groups in total. The Kier molecular flexibility index (Phi) is 6.69. The SMILES string of the molecule is O=C(COCC(F)(F)F)N1CCN(Cc2ccc(-c3ccccc3F)s2)CC1. The van der Waals surface area contributed by atoms with Gasteiger partial charge in [-0.05, 0) is 18.2 Å². The average molecular weight is 416 g/mol. The van der Waals surface area contributed by atoms with E-state index < -0.39 is 25.3 Å². The molecule has 0 spiro atoms. The van der Waals surface area contributed by atoms with Crippen LogP contribution in [0, 0.1) is 5.82 Å². The summed E-state index contributed by atoms with van der Waals surface area (Å²) in [6.07, 6.45) is -4.43. The van der Waals surface area contributed by atoms with E-state index in [1.165, 1.54) is 22.3 Å². The Morgan fingerprint density at radius 2 is 1.79 bits per heavy atom. The molecule has 1 aromatic heterocycles. The molecule has 0 atom stereocenters. The van der Waals surface area contributed by atoms with Crippen LogP contribution < -0.4 is 0 Å². The molecule has 0 radical (unpaired) electrons. The highest BCUT2D eigenvalue weighted by atomic mass is 32.1. The van der Waals surface area contributed by atoms with Gasteiger partial charge in [-0.25, -0.2) is 4.39 Å². The molecule has 1 aromatic carbocycles. The highest BCUT2D eigenvalue weighted by Gasteiger charge is 2.29. The number of hydrogen-bond donors (Lipinski definition) is 0. The topological polar surface area (TPSA) is 32.8 Å². The van der Waals surface area contributed by atoms with E-state index in [1.807, 2.05) is 12.1 Å². The fourth-order valence-electron chi connectivity index (χ4n) is 2.99. The van der Waals surface area contributed by atoms with Crippen molar-refractivity contribution >= 4 is 17.2 Å². The quantitative estimate of drug-likeness (QED) is 0.672. The third kappa shape index (κ3) is 5.76.